The van der Waals surface area contributed by atoms with Crippen LogP contribution in [0.15, 0.2) is 11.2 Å². The lowest BCUT2D eigenvalue weighted by Gasteiger charge is -2.31. The molecule has 0 bridgehead atoms. The summed E-state index contributed by atoms with van der Waals surface area (Å²) in [6.45, 7) is 4.93. The first-order valence-electron chi connectivity index (χ1n) is 7.08. The van der Waals surface area contributed by atoms with Crippen LogP contribution in [0.1, 0.15) is 42.1 Å². The van der Waals surface area contributed by atoms with Crippen LogP contribution in [0.5, 0.6) is 0 Å². The fraction of sp³-hybridized carbons (Fsp3) is 0.533. The van der Waals surface area contributed by atoms with Crippen molar-refractivity contribution in [3.63, 3.8) is 0 Å². The second-order valence-electron chi connectivity index (χ2n) is 5.27. The maximum atomic E-state index is 11.9. The monoisotopic (exact) mass is 309 g/mol. The number of likely N-dealkylation sites (tertiary alicyclic amines) is 1. The van der Waals surface area contributed by atoms with Crippen LogP contribution in [-0.4, -0.2) is 41.9 Å². The van der Waals surface area contributed by atoms with E-state index in [2.05, 4.69) is 21.8 Å². The van der Waals surface area contributed by atoms with Crippen LogP contribution in [0.3, 0.4) is 0 Å². The van der Waals surface area contributed by atoms with E-state index in [-0.39, 0.29) is 5.15 Å². The van der Waals surface area contributed by atoms with Crippen LogP contribution in [0.4, 0.5) is 5.69 Å². The Hall–Kier alpha value is -1.62. The van der Waals surface area contributed by atoms with Gasteiger partial charge in [0.25, 0.3) is 0 Å². The molecule has 1 aliphatic heterocycles. The minimum Gasteiger partial charge on any atom is -0.465 e. The van der Waals surface area contributed by atoms with Crippen molar-refractivity contribution < 1.29 is 9.53 Å². The molecule has 6 heteroatoms. The third-order valence-corrected chi connectivity index (χ3v) is 4.05. The van der Waals surface area contributed by atoms with Gasteiger partial charge in [-0.05, 0) is 38.7 Å². The molecule has 0 N–H and O–H groups in total. The molecular formula is C15H20ClN3O2. The lowest BCUT2D eigenvalue weighted by molar-refractivity contribution is 0.0601. The lowest BCUT2D eigenvalue weighted by atomic mass is 10.1. The van der Waals surface area contributed by atoms with E-state index in [1.807, 2.05) is 0 Å². The number of pyridine rings is 1. The summed E-state index contributed by atoms with van der Waals surface area (Å²) in [6, 6.07) is 0.445. The van der Waals surface area contributed by atoms with Gasteiger partial charge in [-0.3, -0.25) is 0 Å². The number of aromatic nitrogens is 1. The van der Waals surface area contributed by atoms with E-state index < -0.39 is 5.97 Å². The first-order valence-corrected chi connectivity index (χ1v) is 7.45. The Bertz CT molecular complexity index is 560. The first-order chi connectivity index (χ1) is 10.0. The molecule has 0 amide bonds. The largest absolute Gasteiger partial charge is 0.465 e. The van der Waals surface area contributed by atoms with Crippen LogP contribution in [-0.2, 0) is 4.74 Å². The number of piperidine rings is 1. The highest BCUT2D eigenvalue weighted by Gasteiger charge is 2.20. The number of esters is 1. The minimum absolute atomic E-state index is 0.210. The lowest BCUT2D eigenvalue weighted by Crippen LogP contribution is -2.36. The second-order valence-corrected chi connectivity index (χ2v) is 5.63. The fourth-order valence-corrected chi connectivity index (χ4v) is 2.66. The smallest absolute Gasteiger partial charge is 0.340 e. The maximum Gasteiger partial charge on any atom is 0.340 e. The zero-order chi connectivity index (χ0) is 15.4. The number of hydrogen-bond donors (Lipinski definition) is 0. The topological polar surface area (TPSA) is 54.8 Å². The number of rotatable bonds is 3. The average Bonchev–Trinajstić information content (AvgIpc) is 2.48. The van der Waals surface area contributed by atoms with Gasteiger partial charge >= 0.3 is 5.97 Å². The van der Waals surface area contributed by atoms with Crippen molar-refractivity contribution >= 4 is 29.6 Å². The number of aryl methyl sites for hydroxylation is 1. The predicted octanol–water partition coefficient (Wildman–Crippen LogP) is 3.36. The normalized spacial score (nSPS) is 19.0. The summed E-state index contributed by atoms with van der Waals surface area (Å²) < 4.78 is 4.81. The molecule has 1 unspecified atom stereocenters. The van der Waals surface area contributed by atoms with Crippen molar-refractivity contribution in [2.75, 3.05) is 13.7 Å². The summed E-state index contributed by atoms with van der Waals surface area (Å²) in [5, 5.41) is 0.210. The van der Waals surface area contributed by atoms with Crippen LogP contribution in [0.2, 0.25) is 5.15 Å². The maximum absolute atomic E-state index is 11.9. The van der Waals surface area contributed by atoms with Gasteiger partial charge in [-0.15, -0.1) is 0 Å². The van der Waals surface area contributed by atoms with Gasteiger partial charge in [-0.25, -0.2) is 14.8 Å². The second kappa shape index (κ2) is 6.89. The Morgan fingerprint density at radius 3 is 3.00 bits per heavy atom. The molecule has 5 nitrogen and oxygen atoms in total. The molecule has 0 spiro atoms. The molecule has 0 saturated carbocycles. The van der Waals surface area contributed by atoms with Gasteiger partial charge < -0.3 is 9.64 Å². The van der Waals surface area contributed by atoms with Crippen LogP contribution in [0.25, 0.3) is 0 Å². The Kier molecular flexibility index (Phi) is 5.17. The molecular weight excluding hydrogens is 290 g/mol. The third-order valence-electron chi connectivity index (χ3n) is 3.78. The number of carbonyl (C=O) groups excluding carboxylic acids is 1. The molecule has 1 aromatic rings. The Morgan fingerprint density at radius 1 is 1.57 bits per heavy atom. The fourth-order valence-electron chi connectivity index (χ4n) is 2.47. The molecule has 0 radical (unpaired) electrons. The van der Waals surface area contributed by atoms with E-state index >= 15 is 0 Å². The van der Waals surface area contributed by atoms with Gasteiger partial charge in [0.2, 0.25) is 0 Å². The van der Waals surface area contributed by atoms with Crippen LogP contribution >= 0.6 is 11.6 Å². The Balaban J connectivity index is 2.34. The van der Waals surface area contributed by atoms with E-state index in [0.717, 1.165) is 19.4 Å². The van der Waals surface area contributed by atoms with Crippen molar-refractivity contribution in [2.24, 2.45) is 4.99 Å². The molecule has 1 aliphatic rings. The van der Waals surface area contributed by atoms with E-state index in [1.165, 1.54) is 13.5 Å². The molecule has 1 atom stereocenters. The highest BCUT2D eigenvalue weighted by molar-refractivity contribution is 6.32. The number of aliphatic imine (C=N–C) groups is 1. The molecule has 1 aromatic heterocycles. The van der Waals surface area contributed by atoms with Gasteiger partial charge in [0.15, 0.2) is 5.15 Å². The van der Waals surface area contributed by atoms with Crippen molar-refractivity contribution in [1.82, 2.24) is 9.88 Å². The van der Waals surface area contributed by atoms with Gasteiger partial charge in [0.05, 0.1) is 19.0 Å². The number of carbonyl (C=O) groups is 1. The zero-order valence-electron chi connectivity index (χ0n) is 12.6. The van der Waals surface area contributed by atoms with Crippen LogP contribution in [0, 0.1) is 6.92 Å². The minimum atomic E-state index is -0.448. The predicted molar refractivity (Wildman–Crippen MR) is 83.5 cm³/mol. The average molecular weight is 310 g/mol. The van der Waals surface area contributed by atoms with E-state index in [9.17, 15) is 4.79 Å². The van der Waals surface area contributed by atoms with Gasteiger partial charge in [-0.2, -0.15) is 0 Å². The van der Waals surface area contributed by atoms with Crippen LogP contribution < -0.4 is 0 Å². The molecule has 2 rings (SSSR count). The SMILES string of the molecule is COC(=O)c1c(C)cnc(Cl)c1N=CN1CCCCC1C. The summed E-state index contributed by atoms with van der Waals surface area (Å²) in [5.74, 6) is -0.448. The van der Waals surface area contributed by atoms with Gasteiger partial charge in [0.1, 0.15) is 5.69 Å². The number of ether oxygens (including phenoxy) is 1. The molecule has 0 aromatic carbocycles. The number of methoxy groups -OCH3 is 1. The molecule has 0 aliphatic carbocycles. The quantitative estimate of drug-likeness (QED) is 0.372. The summed E-state index contributed by atoms with van der Waals surface area (Å²) >= 11 is 6.11. The molecule has 2 heterocycles. The zero-order valence-corrected chi connectivity index (χ0v) is 13.4. The van der Waals surface area contributed by atoms with Gasteiger partial charge in [0, 0.05) is 18.8 Å². The highest BCUT2D eigenvalue weighted by Crippen LogP contribution is 2.30. The molecule has 1 saturated heterocycles. The van der Waals surface area contributed by atoms with E-state index in [0.29, 0.717) is 22.9 Å². The Morgan fingerprint density at radius 2 is 2.33 bits per heavy atom. The van der Waals surface area contributed by atoms with Crippen molar-refractivity contribution in [3.05, 3.63) is 22.5 Å². The van der Waals surface area contributed by atoms with Crippen molar-refractivity contribution in [1.29, 1.82) is 0 Å². The first kappa shape index (κ1) is 15.8. The number of hydrogen-bond acceptors (Lipinski definition) is 4. The molecule has 114 valence electrons. The number of nitrogens with zero attached hydrogens (tertiary/aromatic N) is 3. The highest BCUT2D eigenvalue weighted by atomic mass is 35.5. The van der Waals surface area contributed by atoms with E-state index in [4.69, 9.17) is 16.3 Å². The van der Waals surface area contributed by atoms with Crippen molar-refractivity contribution in [3.8, 4) is 0 Å². The summed E-state index contributed by atoms with van der Waals surface area (Å²) in [4.78, 5) is 22.6. The summed E-state index contributed by atoms with van der Waals surface area (Å²) in [7, 11) is 1.34. The Labute approximate surface area is 130 Å². The third kappa shape index (κ3) is 3.53. The van der Waals surface area contributed by atoms with Gasteiger partial charge in [-0.1, -0.05) is 11.6 Å². The summed E-state index contributed by atoms with van der Waals surface area (Å²) in [5.41, 5.74) is 1.45. The number of halogens is 1. The van der Waals surface area contributed by atoms with Crippen molar-refractivity contribution in [2.45, 2.75) is 39.2 Å². The molecule has 21 heavy (non-hydrogen) atoms. The molecule has 1 fully saturated rings. The summed E-state index contributed by atoms with van der Waals surface area (Å²) in [6.07, 6.45) is 6.86. The standard InChI is InChI=1S/C15H20ClN3O2/c1-10-8-17-14(16)13(12(10)15(20)21-3)18-9-19-7-5-4-6-11(19)2/h8-9,11H,4-7H2,1-3H3. The van der Waals surface area contributed by atoms with E-state index in [1.54, 1.807) is 19.5 Å².